The van der Waals surface area contributed by atoms with Crippen LogP contribution in [0.15, 0.2) is 41.1 Å². The van der Waals surface area contributed by atoms with E-state index in [1.807, 2.05) is 45.0 Å². The Bertz CT molecular complexity index is 666. The summed E-state index contributed by atoms with van der Waals surface area (Å²) in [7, 11) is 0. The molecule has 0 aromatic heterocycles. The van der Waals surface area contributed by atoms with Crippen LogP contribution in [0.4, 0.5) is 0 Å². The molecule has 0 spiro atoms. The first-order chi connectivity index (χ1) is 9.08. The number of dihydropyridines is 1. The average molecular weight is 249 g/mol. The van der Waals surface area contributed by atoms with E-state index in [4.69, 9.17) is 5.26 Å². The minimum Gasteiger partial charge on any atom is -0.357 e. The van der Waals surface area contributed by atoms with E-state index in [9.17, 15) is 5.26 Å². The van der Waals surface area contributed by atoms with E-state index in [1.165, 1.54) is 0 Å². The van der Waals surface area contributed by atoms with Gasteiger partial charge in [0.15, 0.2) is 0 Å². The molecular weight excluding hydrogens is 234 g/mol. The lowest BCUT2D eigenvalue weighted by atomic mass is 9.86. The Hall–Kier alpha value is -2.52. The molecule has 3 heteroatoms. The molecule has 0 bridgehead atoms. The van der Waals surface area contributed by atoms with Crippen molar-refractivity contribution in [1.29, 1.82) is 10.5 Å². The van der Waals surface area contributed by atoms with Crippen LogP contribution in [0.2, 0.25) is 0 Å². The van der Waals surface area contributed by atoms with Gasteiger partial charge in [0.05, 0.1) is 29.0 Å². The number of nitrogens with zero attached hydrogens (tertiary/aromatic N) is 2. The molecule has 2 rings (SSSR count). The maximum absolute atomic E-state index is 9.38. The predicted octanol–water partition coefficient (Wildman–Crippen LogP) is 3.27. The molecule has 0 amide bonds. The molecule has 1 aromatic carbocycles. The number of nitrogens with one attached hydrogen (secondary N) is 1. The maximum atomic E-state index is 9.38. The molecule has 3 nitrogen and oxygen atoms in total. The molecule has 1 aliphatic rings. The zero-order chi connectivity index (χ0) is 14.0. The van der Waals surface area contributed by atoms with Crippen molar-refractivity contribution in [2.24, 2.45) is 5.92 Å². The summed E-state index contributed by atoms with van der Waals surface area (Å²) >= 11 is 0. The van der Waals surface area contributed by atoms with E-state index in [-0.39, 0.29) is 5.92 Å². The van der Waals surface area contributed by atoms with Crippen LogP contribution in [0.3, 0.4) is 0 Å². The average Bonchev–Trinajstić information content (AvgIpc) is 2.38. The van der Waals surface area contributed by atoms with Gasteiger partial charge in [-0.15, -0.1) is 0 Å². The summed E-state index contributed by atoms with van der Waals surface area (Å²) in [6.07, 6.45) is 0. The Morgan fingerprint density at radius 1 is 1.11 bits per heavy atom. The fraction of sp³-hybridized carbons (Fsp3) is 0.250. The van der Waals surface area contributed by atoms with Crippen molar-refractivity contribution in [3.8, 4) is 12.1 Å². The van der Waals surface area contributed by atoms with Crippen molar-refractivity contribution in [3.05, 3.63) is 52.2 Å². The van der Waals surface area contributed by atoms with Gasteiger partial charge in [-0.3, -0.25) is 0 Å². The molecule has 0 radical (unpaired) electrons. The van der Waals surface area contributed by atoms with Gasteiger partial charge in [-0.25, -0.2) is 0 Å². The van der Waals surface area contributed by atoms with E-state index in [0.29, 0.717) is 11.1 Å². The van der Waals surface area contributed by atoms with Crippen molar-refractivity contribution >= 4 is 5.70 Å². The van der Waals surface area contributed by atoms with Gasteiger partial charge in [-0.05, 0) is 25.5 Å². The van der Waals surface area contributed by atoms with Gasteiger partial charge in [-0.1, -0.05) is 30.7 Å². The number of nitriles is 2. The number of hydrogen-bond acceptors (Lipinski definition) is 3. The lowest BCUT2D eigenvalue weighted by Crippen LogP contribution is -2.23. The Labute approximate surface area is 113 Å². The van der Waals surface area contributed by atoms with Crippen LogP contribution in [0.1, 0.15) is 25.0 Å². The van der Waals surface area contributed by atoms with E-state index in [1.54, 1.807) is 0 Å². The van der Waals surface area contributed by atoms with Gasteiger partial charge >= 0.3 is 0 Å². The molecule has 1 unspecified atom stereocenters. The lowest BCUT2D eigenvalue weighted by molar-refractivity contribution is 0.791. The minimum absolute atomic E-state index is 0.160. The van der Waals surface area contributed by atoms with Crippen molar-refractivity contribution in [2.75, 3.05) is 0 Å². The highest BCUT2D eigenvalue weighted by Crippen LogP contribution is 2.32. The van der Waals surface area contributed by atoms with Crippen molar-refractivity contribution in [2.45, 2.75) is 20.8 Å². The standard InChI is InChI=1S/C16H15N3/c1-10-5-4-6-13(7-10)16-15(9-18)11(2)14(8-17)12(3)19-16/h4-7,11,19H,1-3H3. The van der Waals surface area contributed by atoms with Crippen LogP contribution in [-0.2, 0) is 0 Å². The first-order valence-corrected chi connectivity index (χ1v) is 6.17. The molecule has 1 atom stereocenters. The third kappa shape index (κ3) is 2.23. The summed E-state index contributed by atoms with van der Waals surface area (Å²) in [4.78, 5) is 0. The number of rotatable bonds is 1. The topological polar surface area (TPSA) is 59.6 Å². The van der Waals surface area contributed by atoms with E-state index in [0.717, 1.165) is 22.5 Å². The second-order valence-corrected chi connectivity index (χ2v) is 4.77. The first-order valence-electron chi connectivity index (χ1n) is 6.17. The molecule has 0 saturated carbocycles. The highest BCUT2D eigenvalue weighted by molar-refractivity contribution is 5.75. The third-order valence-corrected chi connectivity index (χ3v) is 3.40. The third-order valence-electron chi connectivity index (χ3n) is 3.40. The number of allylic oxidation sites excluding steroid dienone is 3. The second kappa shape index (κ2) is 5.00. The van der Waals surface area contributed by atoms with Crippen LogP contribution >= 0.6 is 0 Å². The molecule has 1 N–H and O–H groups in total. The molecule has 19 heavy (non-hydrogen) atoms. The molecule has 0 fully saturated rings. The van der Waals surface area contributed by atoms with Gasteiger partial charge in [0.25, 0.3) is 0 Å². The van der Waals surface area contributed by atoms with Gasteiger partial charge in [0.1, 0.15) is 0 Å². The predicted molar refractivity (Wildman–Crippen MR) is 74.3 cm³/mol. The highest BCUT2D eigenvalue weighted by atomic mass is 14.9. The molecule has 0 saturated heterocycles. The minimum atomic E-state index is -0.160. The molecular formula is C16H15N3. The monoisotopic (exact) mass is 249 g/mol. The Morgan fingerprint density at radius 3 is 2.37 bits per heavy atom. The Balaban J connectivity index is 2.57. The van der Waals surface area contributed by atoms with Crippen LogP contribution in [0, 0.1) is 35.5 Å². The summed E-state index contributed by atoms with van der Waals surface area (Å²) in [5, 5.41) is 21.8. The highest BCUT2D eigenvalue weighted by Gasteiger charge is 2.26. The van der Waals surface area contributed by atoms with E-state index >= 15 is 0 Å². The number of hydrogen-bond donors (Lipinski definition) is 1. The smallest absolute Gasteiger partial charge is 0.0975 e. The van der Waals surface area contributed by atoms with Gasteiger partial charge < -0.3 is 5.32 Å². The normalized spacial score (nSPS) is 18.7. The lowest BCUT2D eigenvalue weighted by Gasteiger charge is -2.25. The van der Waals surface area contributed by atoms with E-state index < -0.39 is 0 Å². The van der Waals surface area contributed by atoms with Crippen molar-refractivity contribution in [1.82, 2.24) is 5.32 Å². The van der Waals surface area contributed by atoms with E-state index in [2.05, 4.69) is 17.5 Å². The summed E-state index contributed by atoms with van der Waals surface area (Å²) in [6.45, 7) is 5.79. The number of benzene rings is 1. The van der Waals surface area contributed by atoms with Crippen LogP contribution in [0.25, 0.3) is 5.70 Å². The van der Waals surface area contributed by atoms with Crippen molar-refractivity contribution < 1.29 is 0 Å². The van der Waals surface area contributed by atoms with Crippen molar-refractivity contribution in [3.63, 3.8) is 0 Å². The Morgan fingerprint density at radius 2 is 1.79 bits per heavy atom. The quantitative estimate of drug-likeness (QED) is 0.831. The zero-order valence-electron chi connectivity index (χ0n) is 11.3. The van der Waals surface area contributed by atoms with Crippen LogP contribution in [-0.4, -0.2) is 0 Å². The zero-order valence-corrected chi connectivity index (χ0v) is 11.3. The molecule has 1 aromatic rings. The van der Waals surface area contributed by atoms with Gasteiger partial charge in [-0.2, -0.15) is 10.5 Å². The first kappa shape index (κ1) is 12.9. The maximum Gasteiger partial charge on any atom is 0.0975 e. The summed E-state index contributed by atoms with van der Waals surface area (Å²) < 4.78 is 0. The largest absolute Gasteiger partial charge is 0.357 e. The fourth-order valence-corrected chi connectivity index (χ4v) is 2.37. The van der Waals surface area contributed by atoms with Crippen LogP contribution in [0.5, 0.6) is 0 Å². The molecule has 1 heterocycles. The molecule has 94 valence electrons. The summed E-state index contributed by atoms with van der Waals surface area (Å²) in [5.74, 6) is -0.160. The van der Waals surface area contributed by atoms with Crippen LogP contribution < -0.4 is 5.32 Å². The SMILES string of the molecule is CC1=C(C#N)C(C)C(C#N)=C(c2cccc(C)c2)N1. The summed E-state index contributed by atoms with van der Waals surface area (Å²) in [5.41, 5.74) is 5.02. The van der Waals surface area contributed by atoms with Gasteiger partial charge in [0, 0.05) is 11.6 Å². The molecule has 1 aliphatic heterocycles. The second-order valence-electron chi connectivity index (χ2n) is 4.77. The Kier molecular flexibility index (Phi) is 3.40. The van der Waals surface area contributed by atoms with Gasteiger partial charge in [0.2, 0.25) is 0 Å². The number of aryl methyl sites for hydroxylation is 1. The summed E-state index contributed by atoms with van der Waals surface area (Å²) in [6, 6.07) is 12.4. The fourth-order valence-electron chi connectivity index (χ4n) is 2.37. The molecule has 0 aliphatic carbocycles.